The zero-order valence-electron chi connectivity index (χ0n) is 11.8. The number of anilines is 1. The lowest BCUT2D eigenvalue weighted by Crippen LogP contribution is -2.22. The van der Waals surface area contributed by atoms with Crippen LogP contribution >= 0.6 is 11.8 Å². The Kier molecular flexibility index (Phi) is 3.67. The predicted octanol–water partition coefficient (Wildman–Crippen LogP) is 0.499. The molecule has 114 valence electrons. The molecule has 10 heteroatoms. The first-order chi connectivity index (χ1) is 10.5. The minimum Gasteiger partial charge on any atom is -0.325 e. The lowest BCUT2D eigenvalue weighted by Gasteiger charge is -2.10. The fraction of sp³-hybridized carbons (Fsp3) is 0.250. The number of hydrogen-bond donors (Lipinski definition) is 3. The first kappa shape index (κ1) is 14.3. The number of benzene rings is 1. The predicted molar refractivity (Wildman–Crippen MR) is 81.7 cm³/mol. The van der Waals surface area contributed by atoms with E-state index in [2.05, 4.69) is 30.8 Å². The van der Waals surface area contributed by atoms with E-state index in [-0.39, 0.29) is 16.8 Å². The van der Waals surface area contributed by atoms with Crippen LogP contribution in [0.4, 0.5) is 5.69 Å². The van der Waals surface area contributed by atoms with Crippen LogP contribution in [0.25, 0.3) is 11.0 Å². The highest BCUT2D eigenvalue weighted by atomic mass is 32.2. The number of rotatable bonds is 4. The standard InChI is InChI=1S/C12H13N7O2S/c1-6(22-12-16-17-18-19(12)2)10(20)13-7-3-4-8-9(5-7)15-11(21)14-8/h3-6H,1-2H3,(H,13,20)(H2,14,15,21). The second kappa shape index (κ2) is 5.64. The molecule has 0 fully saturated rings. The number of tetrazole rings is 1. The van der Waals surface area contributed by atoms with E-state index >= 15 is 0 Å². The van der Waals surface area contributed by atoms with E-state index in [1.165, 1.54) is 16.4 Å². The van der Waals surface area contributed by atoms with Crippen LogP contribution in [0, 0.1) is 0 Å². The molecule has 3 aromatic rings. The zero-order valence-corrected chi connectivity index (χ0v) is 12.6. The van der Waals surface area contributed by atoms with E-state index in [9.17, 15) is 9.59 Å². The Balaban J connectivity index is 1.71. The fourth-order valence-corrected chi connectivity index (χ4v) is 2.64. The minimum absolute atomic E-state index is 0.176. The van der Waals surface area contributed by atoms with Crippen LogP contribution in [0.3, 0.4) is 0 Å². The number of aromatic nitrogens is 6. The molecule has 0 aliphatic rings. The summed E-state index contributed by atoms with van der Waals surface area (Å²) >= 11 is 1.26. The van der Waals surface area contributed by atoms with Crippen molar-refractivity contribution in [2.75, 3.05) is 5.32 Å². The van der Waals surface area contributed by atoms with E-state index in [0.717, 1.165) is 0 Å². The molecule has 0 aliphatic carbocycles. The average molecular weight is 319 g/mol. The second-order valence-electron chi connectivity index (χ2n) is 4.67. The van der Waals surface area contributed by atoms with E-state index in [4.69, 9.17) is 0 Å². The Bertz CT molecular complexity index is 881. The second-order valence-corrected chi connectivity index (χ2v) is 5.98. The van der Waals surface area contributed by atoms with E-state index in [1.54, 1.807) is 32.2 Å². The molecule has 2 heterocycles. The summed E-state index contributed by atoms with van der Waals surface area (Å²) in [5.74, 6) is -0.176. The number of imidazole rings is 1. The molecule has 0 radical (unpaired) electrons. The Hall–Kier alpha value is -2.62. The number of amides is 1. The maximum Gasteiger partial charge on any atom is 0.323 e. The van der Waals surface area contributed by atoms with Gasteiger partial charge in [0.05, 0.1) is 16.3 Å². The van der Waals surface area contributed by atoms with Crippen molar-refractivity contribution in [3.63, 3.8) is 0 Å². The lowest BCUT2D eigenvalue weighted by atomic mass is 10.2. The van der Waals surface area contributed by atoms with Crippen molar-refractivity contribution in [3.8, 4) is 0 Å². The van der Waals surface area contributed by atoms with Gasteiger partial charge in [0.25, 0.3) is 0 Å². The Labute approximate surface area is 128 Å². The maximum absolute atomic E-state index is 12.2. The van der Waals surface area contributed by atoms with Crippen molar-refractivity contribution in [2.45, 2.75) is 17.3 Å². The molecule has 0 spiro atoms. The fourth-order valence-electron chi connectivity index (χ4n) is 1.89. The van der Waals surface area contributed by atoms with Gasteiger partial charge < -0.3 is 15.3 Å². The number of thioether (sulfide) groups is 1. The van der Waals surface area contributed by atoms with Gasteiger partial charge in [-0.05, 0) is 35.5 Å². The monoisotopic (exact) mass is 319 g/mol. The molecule has 1 atom stereocenters. The van der Waals surface area contributed by atoms with Gasteiger partial charge in [0, 0.05) is 12.7 Å². The van der Waals surface area contributed by atoms with Gasteiger partial charge in [-0.15, -0.1) is 5.10 Å². The number of H-pyrrole nitrogens is 2. The molecule has 1 aromatic carbocycles. The molecule has 1 amide bonds. The maximum atomic E-state index is 12.2. The van der Waals surface area contributed by atoms with Gasteiger partial charge in [0.15, 0.2) is 0 Å². The molecular formula is C12H13N7O2S. The number of hydrogen-bond acceptors (Lipinski definition) is 6. The van der Waals surface area contributed by atoms with Crippen LogP contribution < -0.4 is 11.0 Å². The van der Waals surface area contributed by atoms with Crippen LogP contribution in [-0.2, 0) is 11.8 Å². The van der Waals surface area contributed by atoms with Crippen LogP contribution in [0.1, 0.15) is 6.92 Å². The summed E-state index contributed by atoms with van der Waals surface area (Å²) in [6.45, 7) is 1.77. The summed E-state index contributed by atoms with van der Waals surface area (Å²) in [5, 5.41) is 14.1. The third-order valence-corrected chi connectivity index (χ3v) is 4.14. The highest BCUT2D eigenvalue weighted by molar-refractivity contribution is 8.00. The number of aryl methyl sites for hydroxylation is 1. The Morgan fingerprint density at radius 3 is 2.86 bits per heavy atom. The normalized spacial score (nSPS) is 12.5. The van der Waals surface area contributed by atoms with Gasteiger partial charge >= 0.3 is 5.69 Å². The SMILES string of the molecule is CC(Sc1nnnn1C)C(=O)Nc1ccc2[nH]c(=O)[nH]c2c1. The van der Waals surface area contributed by atoms with E-state index in [1.807, 2.05) is 0 Å². The van der Waals surface area contributed by atoms with Crippen molar-refractivity contribution < 1.29 is 4.79 Å². The van der Waals surface area contributed by atoms with E-state index < -0.39 is 0 Å². The largest absolute Gasteiger partial charge is 0.325 e. The number of nitrogens with one attached hydrogen (secondary N) is 3. The van der Waals surface area contributed by atoms with Gasteiger partial charge in [-0.2, -0.15) is 0 Å². The third-order valence-electron chi connectivity index (χ3n) is 3.02. The lowest BCUT2D eigenvalue weighted by molar-refractivity contribution is -0.115. The molecule has 22 heavy (non-hydrogen) atoms. The smallest absolute Gasteiger partial charge is 0.323 e. The number of carbonyl (C=O) groups is 1. The zero-order chi connectivity index (χ0) is 15.7. The first-order valence-corrected chi connectivity index (χ1v) is 7.33. The third kappa shape index (κ3) is 2.86. The summed E-state index contributed by atoms with van der Waals surface area (Å²) in [5.41, 5.74) is 1.66. The van der Waals surface area contributed by atoms with Gasteiger partial charge in [-0.3, -0.25) is 4.79 Å². The summed E-state index contributed by atoms with van der Waals surface area (Å²) < 4.78 is 1.51. The van der Waals surface area contributed by atoms with Crippen molar-refractivity contribution in [2.24, 2.45) is 7.05 Å². The van der Waals surface area contributed by atoms with Crippen molar-refractivity contribution >= 4 is 34.4 Å². The number of carbonyl (C=O) groups excluding carboxylic acids is 1. The molecule has 0 aliphatic heterocycles. The highest BCUT2D eigenvalue weighted by Crippen LogP contribution is 2.21. The summed E-state index contributed by atoms with van der Waals surface area (Å²) in [4.78, 5) is 28.7. The number of fused-ring (bicyclic) bond motifs is 1. The van der Waals surface area contributed by atoms with E-state index in [0.29, 0.717) is 21.9 Å². The number of nitrogens with zero attached hydrogens (tertiary/aromatic N) is 4. The first-order valence-electron chi connectivity index (χ1n) is 6.45. The van der Waals surface area contributed by atoms with Gasteiger partial charge in [-0.1, -0.05) is 11.8 Å². The molecule has 0 saturated heterocycles. The molecule has 0 bridgehead atoms. The van der Waals surface area contributed by atoms with Gasteiger partial charge in [0.1, 0.15) is 0 Å². The van der Waals surface area contributed by atoms with Gasteiger partial charge in [0.2, 0.25) is 11.1 Å². The summed E-state index contributed by atoms with van der Waals surface area (Å²) in [7, 11) is 1.71. The Morgan fingerprint density at radius 1 is 1.36 bits per heavy atom. The quantitative estimate of drug-likeness (QED) is 0.602. The number of aromatic amines is 2. The van der Waals surface area contributed by atoms with Crippen LogP contribution in [0.15, 0.2) is 28.2 Å². The topological polar surface area (TPSA) is 121 Å². The molecule has 2 aromatic heterocycles. The summed E-state index contributed by atoms with van der Waals surface area (Å²) in [6, 6.07) is 5.16. The molecule has 3 rings (SSSR count). The van der Waals surface area contributed by atoms with Crippen molar-refractivity contribution in [3.05, 3.63) is 28.7 Å². The van der Waals surface area contributed by atoms with Crippen molar-refractivity contribution in [1.82, 2.24) is 30.2 Å². The van der Waals surface area contributed by atoms with Crippen LogP contribution in [-0.4, -0.2) is 41.3 Å². The highest BCUT2D eigenvalue weighted by Gasteiger charge is 2.18. The van der Waals surface area contributed by atoms with Crippen molar-refractivity contribution in [1.29, 1.82) is 0 Å². The van der Waals surface area contributed by atoms with Crippen LogP contribution in [0.5, 0.6) is 0 Å². The molecule has 3 N–H and O–H groups in total. The Morgan fingerprint density at radius 2 is 2.14 bits per heavy atom. The average Bonchev–Trinajstić information content (AvgIpc) is 3.03. The molecule has 9 nitrogen and oxygen atoms in total. The molecule has 1 unspecified atom stereocenters. The van der Waals surface area contributed by atoms with Crippen LogP contribution in [0.2, 0.25) is 0 Å². The molecular weight excluding hydrogens is 306 g/mol. The minimum atomic E-state index is -0.370. The molecule has 0 saturated carbocycles. The van der Waals surface area contributed by atoms with Gasteiger partial charge in [-0.25, -0.2) is 9.48 Å². The summed E-state index contributed by atoms with van der Waals surface area (Å²) in [6.07, 6.45) is 0.